The summed E-state index contributed by atoms with van der Waals surface area (Å²) in [4.78, 5) is 25.3. The Labute approximate surface area is 169 Å². The van der Waals surface area contributed by atoms with Crippen molar-refractivity contribution in [3.05, 3.63) is 24.2 Å². The molecule has 0 radical (unpaired) electrons. The molecule has 7 heteroatoms. The van der Waals surface area contributed by atoms with Crippen LogP contribution >= 0.6 is 0 Å². The minimum absolute atomic E-state index is 0.0173. The van der Waals surface area contributed by atoms with Gasteiger partial charge in [0.1, 0.15) is 18.0 Å². The van der Waals surface area contributed by atoms with Crippen LogP contribution in [0.3, 0.4) is 0 Å². The molecule has 5 rings (SSSR count). The van der Waals surface area contributed by atoms with Crippen molar-refractivity contribution >= 4 is 11.8 Å². The van der Waals surface area contributed by atoms with Crippen molar-refractivity contribution in [1.29, 1.82) is 0 Å². The molecule has 29 heavy (non-hydrogen) atoms. The van der Waals surface area contributed by atoms with E-state index in [9.17, 15) is 14.7 Å². The van der Waals surface area contributed by atoms with Crippen molar-refractivity contribution in [2.24, 2.45) is 22.7 Å². The molecule has 4 fully saturated rings. The molecule has 2 aliphatic carbocycles. The molecule has 0 aromatic carbocycles. The molecule has 0 bridgehead atoms. The Morgan fingerprint density at radius 1 is 1.41 bits per heavy atom. The minimum atomic E-state index is -0.999. The molecule has 2 aliphatic heterocycles. The Bertz CT molecular complexity index is 813. The monoisotopic (exact) mass is 404 g/mol. The first-order valence-corrected chi connectivity index (χ1v) is 10.5. The highest BCUT2D eigenvalue weighted by atomic mass is 16.6. The summed E-state index contributed by atoms with van der Waals surface area (Å²) >= 11 is 0. The molecule has 2 spiro atoms. The molecule has 2 saturated carbocycles. The van der Waals surface area contributed by atoms with Gasteiger partial charge in [-0.05, 0) is 37.2 Å². The van der Waals surface area contributed by atoms with Gasteiger partial charge in [-0.2, -0.15) is 0 Å². The predicted molar refractivity (Wildman–Crippen MR) is 99.5 cm³/mol. The van der Waals surface area contributed by atoms with Crippen molar-refractivity contribution in [2.75, 3.05) is 13.2 Å². The fourth-order valence-electron chi connectivity index (χ4n) is 6.73. The molecule has 2 saturated heterocycles. The highest BCUT2D eigenvalue weighted by Gasteiger charge is 2.77. The molecule has 1 N–H and O–H groups in total. The maximum absolute atomic E-state index is 13.6. The summed E-state index contributed by atoms with van der Waals surface area (Å²) in [6.45, 7) is 3.92. The van der Waals surface area contributed by atoms with E-state index in [0.717, 1.165) is 24.8 Å². The van der Waals surface area contributed by atoms with Crippen LogP contribution in [0, 0.1) is 22.7 Å². The maximum atomic E-state index is 13.6. The normalized spacial score (nSPS) is 46.1. The standard InChI is InChI=1S/C22H28O7/c1-13-8-18(24)22(12-27-14(2)23)17(4-3-6-20(22)11-28-20)21(13)9-16(29-19(21)25)15-5-7-26-10-15/h5,7,10,13,16-17,19,25H,3-4,6,8-9,11-12H2,1-2H3/t13-,16+,17-,19+,20+,21-,22+/m1/s1. The van der Waals surface area contributed by atoms with Crippen LogP contribution in [0.5, 0.6) is 0 Å². The topological polar surface area (TPSA) is 98.5 Å². The van der Waals surface area contributed by atoms with Crippen LogP contribution in [-0.2, 0) is 23.8 Å². The Balaban J connectivity index is 1.59. The lowest BCUT2D eigenvalue weighted by Crippen LogP contribution is -2.67. The lowest BCUT2D eigenvalue weighted by molar-refractivity contribution is -0.223. The summed E-state index contributed by atoms with van der Waals surface area (Å²) in [5, 5.41) is 11.2. The molecule has 1 aromatic rings. The second kappa shape index (κ2) is 6.40. The van der Waals surface area contributed by atoms with E-state index >= 15 is 0 Å². The van der Waals surface area contributed by atoms with Crippen LogP contribution in [-0.4, -0.2) is 42.0 Å². The second-order valence-electron chi connectivity index (χ2n) is 9.36. The van der Waals surface area contributed by atoms with Gasteiger partial charge < -0.3 is 23.7 Å². The number of aliphatic hydroxyl groups excluding tert-OH is 1. The second-order valence-corrected chi connectivity index (χ2v) is 9.36. The average Bonchev–Trinajstić information content (AvgIpc) is 3.12. The van der Waals surface area contributed by atoms with E-state index in [1.54, 1.807) is 12.5 Å². The van der Waals surface area contributed by atoms with Gasteiger partial charge in [0, 0.05) is 24.3 Å². The van der Waals surface area contributed by atoms with Crippen LogP contribution in [0.15, 0.2) is 23.0 Å². The van der Waals surface area contributed by atoms with Crippen molar-refractivity contribution < 1.29 is 33.3 Å². The number of carbonyl (C=O) groups excluding carboxylic acids is 2. The van der Waals surface area contributed by atoms with E-state index in [4.69, 9.17) is 18.6 Å². The Hall–Kier alpha value is -1.70. The van der Waals surface area contributed by atoms with Crippen molar-refractivity contribution in [2.45, 2.75) is 63.9 Å². The van der Waals surface area contributed by atoms with Crippen LogP contribution in [0.25, 0.3) is 0 Å². The third-order valence-electron chi connectivity index (χ3n) is 8.24. The number of hydrogen-bond donors (Lipinski definition) is 1. The SMILES string of the molecule is CC(=O)OC[C@@]12C(=O)C[C@@H](C)[C@]3(C[C@@H](c4ccoc4)O[C@@H]3O)[C@H]1CCC[C@]21CO1. The number of rotatable bonds is 3. The van der Waals surface area contributed by atoms with Crippen LogP contribution in [0.2, 0.25) is 0 Å². The van der Waals surface area contributed by atoms with E-state index in [1.165, 1.54) is 6.92 Å². The quantitative estimate of drug-likeness (QED) is 0.611. The minimum Gasteiger partial charge on any atom is -0.472 e. The molecular formula is C22H28O7. The predicted octanol–water partition coefficient (Wildman–Crippen LogP) is 2.77. The average molecular weight is 404 g/mol. The molecule has 4 aliphatic rings. The van der Waals surface area contributed by atoms with Crippen molar-refractivity contribution in [3.8, 4) is 0 Å². The highest BCUT2D eigenvalue weighted by molar-refractivity contribution is 5.89. The van der Waals surface area contributed by atoms with Gasteiger partial charge in [0.2, 0.25) is 0 Å². The van der Waals surface area contributed by atoms with Crippen LogP contribution in [0.1, 0.15) is 57.6 Å². The summed E-state index contributed by atoms with van der Waals surface area (Å²) in [5.41, 5.74) is -1.21. The smallest absolute Gasteiger partial charge is 0.302 e. The third-order valence-corrected chi connectivity index (χ3v) is 8.24. The zero-order chi connectivity index (χ0) is 20.4. The number of fused-ring (bicyclic) bond motifs is 3. The van der Waals surface area contributed by atoms with Gasteiger partial charge in [-0.3, -0.25) is 9.59 Å². The molecule has 1 aromatic heterocycles. The zero-order valence-electron chi connectivity index (χ0n) is 16.9. The van der Waals surface area contributed by atoms with Gasteiger partial charge in [-0.25, -0.2) is 0 Å². The molecule has 158 valence electrons. The maximum Gasteiger partial charge on any atom is 0.302 e. The lowest BCUT2D eigenvalue weighted by atomic mass is 9.43. The summed E-state index contributed by atoms with van der Waals surface area (Å²) in [6, 6.07) is 1.85. The number of esters is 1. The third kappa shape index (κ3) is 2.47. The Kier molecular flexibility index (Phi) is 4.25. The van der Waals surface area contributed by atoms with Crippen molar-refractivity contribution in [3.63, 3.8) is 0 Å². The summed E-state index contributed by atoms with van der Waals surface area (Å²) in [5.74, 6) is -0.530. The first-order chi connectivity index (χ1) is 13.9. The zero-order valence-corrected chi connectivity index (χ0v) is 16.9. The number of hydrogen-bond acceptors (Lipinski definition) is 7. The largest absolute Gasteiger partial charge is 0.472 e. The summed E-state index contributed by atoms with van der Waals surface area (Å²) < 4.78 is 22.7. The van der Waals surface area contributed by atoms with Crippen LogP contribution < -0.4 is 0 Å². The van der Waals surface area contributed by atoms with Gasteiger partial charge in [0.25, 0.3) is 0 Å². The molecule has 7 nitrogen and oxygen atoms in total. The van der Waals surface area contributed by atoms with E-state index in [1.807, 2.05) is 13.0 Å². The van der Waals surface area contributed by atoms with Gasteiger partial charge in [-0.15, -0.1) is 0 Å². The van der Waals surface area contributed by atoms with E-state index in [-0.39, 0.29) is 30.3 Å². The summed E-state index contributed by atoms with van der Waals surface area (Å²) in [7, 11) is 0. The van der Waals surface area contributed by atoms with Gasteiger partial charge in [0.15, 0.2) is 6.29 Å². The number of Topliss-reactive ketones (excluding diaryl/α,β-unsaturated/α-hetero) is 1. The van der Waals surface area contributed by atoms with Gasteiger partial charge in [-0.1, -0.05) is 13.3 Å². The molecule has 3 heterocycles. The summed E-state index contributed by atoms with van der Waals surface area (Å²) in [6.07, 6.45) is 5.36. The number of aliphatic hydroxyl groups is 1. The number of carbonyl (C=O) groups is 2. The fraction of sp³-hybridized carbons (Fsp3) is 0.727. The Morgan fingerprint density at radius 2 is 2.21 bits per heavy atom. The first-order valence-electron chi connectivity index (χ1n) is 10.5. The number of ether oxygens (including phenoxy) is 3. The van der Waals surface area contributed by atoms with Crippen molar-refractivity contribution in [1.82, 2.24) is 0 Å². The van der Waals surface area contributed by atoms with E-state index in [2.05, 4.69) is 0 Å². The highest BCUT2D eigenvalue weighted by Crippen LogP contribution is 2.70. The van der Waals surface area contributed by atoms with Crippen LogP contribution in [0.4, 0.5) is 0 Å². The van der Waals surface area contributed by atoms with E-state index in [0.29, 0.717) is 19.4 Å². The number of epoxide rings is 1. The first kappa shape index (κ1) is 19.3. The van der Waals surface area contributed by atoms with Gasteiger partial charge >= 0.3 is 5.97 Å². The fourth-order valence-corrected chi connectivity index (χ4v) is 6.73. The number of ketones is 1. The molecule has 7 atom stereocenters. The molecule has 0 amide bonds. The molecule has 0 unspecified atom stereocenters. The van der Waals surface area contributed by atoms with Gasteiger partial charge in [0.05, 0.1) is 30.7 Å². The number of furan rings is 1. The van der Waals surface area contributed by atoms with E-state index < -0.39 is 28.7 Å². The molecular weight excluding hydrogens is 376 g/mol. The Morgan fingerprint density at radius 3 is 2.86 bits per heavy atom. The lowest BCUT2D eigenvalue weighted by Gasteiger charge is -2.59.